The lowest BCUT2D eigenvalue weighted by Crippen LogP contribution is -2.43. The number of amides is 2. The molecule has 0 aromatic carbocycles. The van der Waals surface area contributed by atoms with Gasteiger partial charge in [-0.3, -0.25) is 14.4 Å². The van der Waals surface area contributed by atoms with Crippen molar-refractivity contribution in [2.45, 2.75) is 77.7 Å². The van der Waals surface area contributed by atoms with Gasteiger partial charge in [0.1, 0.15) is 6.04 Å². The predicted molar refractivity (Wildman–Crippen MR) is 101 cm³/mol. The quantitative estimate of drug-likeness (QED) is 0.327. The van der Waals surface area contributed by atoms with Gasteiger partial charge in [0.05, 0.1) is 12.5 Å². The maximum Gasteiger partial charge on any atom is 0.312 e. The molecule has 0 spiro atoms. The van der Waals surface area contributed by atoms with Crippen molar-refractivity contribution < 1.29 is 19.1 Å². The second-order valence-electron chi connectivity index (χ2n) is 6.80. The molecule has 1 rings (SSSR count). The summed E-state index contributed by atoms with van der Waals surface area (Å²) in [4.78, 5) is 36.8. The molecular weight excluding hydrogens is 332 g/mol. The van der Waals surface area contributed by atoms with Gasteiger partial charge in [-0.05, 0) is 45.4 Å². The van der Waals surface area contributed by atoms with E-state index in [1.807, 2.05) is 19.9 Å². The van der Waals surface area contributed by atoms with Gasteiger partial charge in [-0.25, -0.2) is 0 Å². The number of ether oxygens (including phenoxy) is 1. The summed E-state index contributed by atoms with van der Waals surface area (Å²) in [6.45, 7) is 4.86. The Labute approximate surface area is 157 Å². The van der Waals surface area contributed by atoms with Crippen LogP contribution in [0.15, 0.2) is 12.2 Å². The maximum absolute atomic E-state index is 12.2. The summed E-state index contributed by atoms with van der Waals surface area (Å²) < 4.78 is 5.04. The molecule has 2 atom stereocenters. The van der Waals surface area contributed by atoms with E-state index in [-0.39, 0.29) is 17.8 Å². The summed E-state index contributed by atoms with van der Waals surface area (Å²) in [5.41, 5.74) is 5.35. The highest BCUT2D eigenvalue weighted by Gasteiger charge is 2.31. The summed E-state index contributed by atoms with van der Waals surface area (Å²) in [7, 11) is 0. The Kier molecular flexibility index (Phi) is 10.7. The van der Waals surface area contributed by atoms with Crippen molar-refractivity contribution in [3.63, 3.8) is 0 Å². The highest BCUT2D eigenvalue weighted by molar-refractivity contribution is 5.87. The molecule has 26 heavy (non-hydrogen) atoms. The molecule has 0 aromatic rings. The number of nitrogens with two attached hydrogens (primary N) is 1. The van der Waals surface area contributed by atoms with Crippen LogP contribution in [0.2, 0.25) is 0 Å². The van der Waals surface area contributed by atoms with E-state index < -0.39 is 11.9 Å². The van der Waals surface area contributed by atoms with E-state index in [4.69, 9.17) is 10.5 Å². The molecule has 0 aromatic heterocycles. The normalized spacial score (nSPS) is 18.2. The van der Waals surface area contributed by atoms with Crippen molar-refractivity contribution in [1.82, 2.24) is 4.90 Å². The van der Waals surface area contributed by atoms with Crippen molar-refractivity contribution in [2.75, 3.05) is 13.2 Å². The minimum Gasteiger partial charge on any atom is -0.466 e. The maximum atomic E-state index is 12.2. The molecule has 0 aliphatic carbocycles. The lowest BCUT2D eigenvalue weighted by molar-refractivity contribution is -0.146. The van der Waals surface area contributed by atoms with Gasteiger partial charge >= 0.3 is 5.97 Å². The van der Waals surface area contributed by atoms with Gasteiger partial charge in [0.2, 0.25) is 11.8 Å². The first-order valence-corrected chi connectivity index (χ1v) is 9.93. The minimum atomic E-state index is -0.404. The molecule has 1 heterocycles. The molecule has 2 N–H and O–H groups in total. The van der Waals surface area contributed by atoms with Gasteiger partial charge < -0.3 is 15.4 Å². The van der Waals surface area contributed by atoms with Crippen LogP contribution >= 0.6 is 0 Å². The molecule has 1 aliphatic rings. The van der Waals surface area contributed by atoms with Gasteiger partial charge in [-0.1, -0.05) is 31.9 Å². The molecule has 0 radical (unpaired) electrons. The summed E-state index contributed by atoms with van der Waals surface area (Å²) in [5.74, 6) is -0.644. The number of allylic oxidation sites excluding steroid dienone is 1. The Morgan fingerprint density at radius 1 is 1.19 bits per heavy atom. The number of nitrogens with zero attached hydrogens (tertiary/aromatic N) is 1. The van der Waals surface area contributed by atoms with Crippen molar-refractivity contribution in [3.8, 4) is 0 Å². The van der Waals surface area contributed by atoms with Crippen LogP contribution in [0.4, 0.5) is 0 Å². The Morgan fingerprint density at radius 3 is 2.58 bits per heavy atom. The van der Waals surface area contributed by atoms with E-state index in [0.717, 1.165) is 44.9 Å². The Balaban J connectivity index is 2.13. The fourth-order valence-corrected chi connectivity index (χ4v) is 3.29. The average Bonchev–Trinajstić information content (AvgIpc) is 3.10. The van der Waals surface area contributed by atoms with E-state index in [0.29, 0.717) is 26.0 Å². The van der Waals surface area contributed by atoms with E-state index in [2.05, 4.69) is 6.08 Å². The smallest absolute Gasteiger partial charge is 0.312 e. The third-order valence-electron chi connectivity index (χ3n) is 4.81. The van der Waals surface area contributed by atoms with Crippen LogP contribution in [0.1, 0.15) is 71.6 Å². The molecule has 1 saturated heterocycles. The Bertz CT molecular complexity index is 490. The number of unbranched alkanes of at least 4 members (excludes halogenated alkanes) is 4. The van der Waals surface area contributed by atoms with Crippen LogP contribution in [-0.2, 0) is 19.1 Å². The van der Waals surface area contributed by atoms with E-state index in [9.17, 15) is 14.4 Å². The topological polar surface area (TPSA) is 89.7 Å². The van der Waals surface area contributed by atoms with Crippen LogP contribution in [0, 0.1) is 5.92 Å². The molecule has 1 fully saturated rings. The number of carbonyl (C=O) groups is 3. The van der Waals surface area contributed by atoms with Crippen molar-refractivity contribution in [3.05, 3.63) is 12.2 Å². The standard InChI is InChI=1S/C20H34N2O4/c1-3-16(20(25)26-4-2)12-9-7-5-6-8-10-14-18(23)22-15-11-13-17(22)19(21)24/h9,12,16-17H,3-8,10-11,13-15H2,1-2H3,(H2,21,24)/b12-9-/t16-,17-/m0/s1. The lowest BCUT2D eigenvalue weighted by atomic mass is 10.0. The Morgan fingerprint density at radius 2 is 1.92 bits per heavy atom. The zero-order chi connectivity index (χ0) is 19.4. The second kappa shape index (κ2) is 12.5. The largest absolute Gasteiger partial charge is 0.466 e. The summed E-state index contributed by atoms with van der Waals surface area (Å²) >= 11 is 0. The number of carbonyl (C=O) groups excluding carboxylic acids is 3. The van der Waals surface area contributed by atoms with Crippen LogP contribution in [0.25, 0.3) is 0 Å². The van der Waals surface area contributed by atoms with Crippen LogP contribution in [0.5, 0.6) is 0 Å². The van der Waals surface area contributed by atoms with Crippen LogP contribution in [0.3, 0.4) is 0 Å². The monoisotopic (exact) mass is 366 g/mol. The second-order valence-corrected chi connectivity index (χ2v) is 6.80. The molecule has 6 heteroatoms. The zero-order valence-electron chi connectivity index (χ0n) is 16.2. The number of rotatable bonds is 12. The number of hydrogen-bond acceptors (Lipinski definition) is 4. The average molecular weight is 367 g/mol. The highest BCUT2D eigenvalue weighted by atomic mass is 16.5. The third-order valence-corrected chi connectivity index (χ3v) is 4.81. The molecule has 0 bridgehead atoms. The van der Waals surface area contributed by atoms with E-state index >= 15 is 0 Å². The van der Waals surface area contributed by atoms with Crippen molar-refractivity contribution in [1.29, 1.82) is 0 Å². The summed E-state index contributed by atoms with van der Waals surface area (Å²) in [6.07, 6.45) is 11.6. The summed E-state index contributed by atoms with van der Waals surface area (Å²) in [5, 5.41) is 0. The highest BCUT2D eigenvalue weighted by Crippen LogP contribution is 2.19. The number of esters is 1. The summed E-state index contributed by atoms with van der Waals surface area (Å²) in [6, 6.07) is -0.404. The SMILES string of the molecule is CCOC(=O)[C@H](/C=C\CCCCCCC(=O)N1CCC[C@H]1C(N)=O)CC. The van der Waals surface area contributed by atoms with Gasteiger partial charge in [-0.15, -0.1) is 0 Å². The first kappa shape index (κ1) is 22.2. The van der Waals surface area contributed by atoms with Crippen LogP contribution < -0.4 is 5.73 Å². The molecular formula is C20H34N2O4. The van der Waals surface area contributed by atoms with Gasteiger partial charge in [0, 0.05) is 13.0 Å². The first-order chi connectivity index (χ1) is 12.5. The predicted octanol–water partition coefficient (Wildman–Crippen LogP) is 2.95. The fourth-order valence-electron chi connectivity index (χ4n) is 3.29. The lowest BCUT2D eigenvalue weighted by Gasteiger charge is -2.22. The van der Waals surface area contributed by atoms with Crippen LogP contribution in [-0.4, -0.2) is 41.9 Å². The molecule has 6 nitrogen and oxygen atoms in total. The third kappa shape index (κ3) is 7.58. The van der Waals surface area contributed by atoms with Gasteiger partial charge in [-0.2, -0.15) is 0 Å². The van der Waals surface area contributed by atoms with Crippen molar-refractivity contribution in [2.24, 2.45) is 11.7 Å². The fraction of sp³-hybridized carbons (Fsp3) is 0.750. The number of primary amides is 1. The molecule has 148 valence electrons. The molecule has 0 saturated carbocycles. The molecule has 2 amide bonds. The van der Waals surface area contributed by atoms with E-state index in [1.54, 1.807) is 4.90 Å². The van der Waals surface area contributed by atoms with Gasteiger partial charge in [0.25, 0.3) is 0 Å². The molecule has 0 unspecified atom stereocenters. The zero-order valence-corrected chi connectivity index (χ0v) is 16.2. The number of likely N-dealkylation sites (tertiary alicyclic amines) is 1. The molecule has 1 aliphatic heterocycles. The van der Waals surface area contributed by atoms with E-state index in [1.165, 1.54) is 0 Å². The minimum absolute atomic E-state index is 0.0476. The first-order valence-electron chi connectivity index (χ1n) is 9.93. The van der Waals surface area contributed by atoms with Crippen molar-refractivity contribution >= 4 is 17.8 Å². The Hall–Kier alpha value is -1.85. The van der Waals surface area contributed by atoms with Gasteiger partial charge in [0.15, 0.2) is 0 Å². The number of hydrogen-bond donors (Lipinski definition) is 1.